The molecule has 0 saturated carbocycles. The fraction of sp³-hybridized carbons (Fsp3) is 0.393. The molecule has 4 aromatic rings. The Bertz CT molecular complexity index is 1380. The lowest BCUT2D eigenvalue weighted by Crippen LogP contribution is -2.22. The second-order valence-electron chi connectivity index (χ2n) is 9.36. The fourth-order valence-corrected chi connectivity index (χ4v) is 4.44. The minimum absolute atomic E-state index is 0.304. The van der Waals surface area contributed by atoms with Crippen LogP contribution in [0, 0.1) is 0 Å². The Morgan fingerprint density at radius 3 is 2.74 bits per heavy atom. The quantitative estimate of drug-likeness (QED) is 0.294. The topological polar surface area (TPSA) is 101 Å². The summed E-state index contributed by atoms with van der Waals surface area (Å²) in [6.45, 7) is 7.51. The molecule has 0 unspecified atom stereocenters. The molecule has 0 radical (unpaired) electrons. The molecule has 0 aliphatic heterocycles. The van der Waals surface area contributed by atoms with Crippen molar-refractivity contribution in [3.05, 3.63) is 70.8 Å². The van der Waals surface area contributed by atoms with E-state index < -0.39 is 0 Å². The van der Waals surface area contributed by atoms with Crippen LogP contribution in [0.15, 0.2) is 53.8 Å². The number of aryl methyl sites for hydroxylation is 2. The molecule has 4 N–H and O–H groups in total. The predicted octanol–water partition coefficient (Wildman–Crippen LogP) is 5.14. The number of nitrogens with zero attached hydrogens (tertiary/aromatic N) is 3. The first-order valence-electron chi connectivity index (χ1n) is 12.6. The number of hydrogen-bond donors (Lipinski definition) is 3. The van der Waals surface area contributed by atoms with Crippen LogP contribution in [-0.4, -0.2) is 27.3 Å². The fourth-order valence-electron chi connectivity index (χ4n) is 4.44. The predicted molar refractivity (Wildman–Crippen MR) is 142 cm³/mol. The number of carbonyl (C=O) groups excluding carboxylic acids is 1. The van der Waals surface area contributed by atoms with Crippen LogP contribution < -0.4 is 16.4 Å². The van der Waals surface area contributed by atoms with E-state index in [1.165, 1.54) is 11.1 Å². The summed E-state index contributed by atoms with van der Waals surface area (Å²) in [4.78, 5) is 20.2. The number of rotatable bonds is 9. The summed E-state index contributed by atoms with van der Waals surface area (Å²) < 4.78 is 2.00. The Morgan fingerprint density at radius 1 is 1.17 bits per heavy atom. The third-order valence-electron chi connectivity index (χ3n) is 6.39. The van der Waals surface area contributed by atoms with Crippen molar-refractivity contribution >= 4 is 27.8 Å². The Morgan fingerprint density at radius 2 is 2.00 bits per heavy atom. The van der Waals surface area contributed by atoms with Crippen LogP contribution >= 0.6 is 0 Å². The molecule has 2 aromatic carbocycles. The number of carbonyl (C=O) groups is 1. The molecule has 2 aromatic heterocycles. The molecular formula is C28H36N6O. The SMILES string of the molecule is CCCCCNC(=O)N=c1cccc2c(c1)[nH]c1c(CCc3cnn(C(C)C)c3)ccc(CN)c12. The van der Waals surface area contributed by atoms with E-state index in [0.29, 0.717) is 24.5 Å². The minimum Gasteiger partial charge on any atom is -0.354 e. The molecule has 0 saturated heterocycles. The minimum atomic E-state index is -0.304. The molecule has 2 heterocycles. The van der Waals surface area contributed by atoms with Gasteiger partial charge in [-0.2, -0.15) is 10.1 Å². The molecule has 2 amide bonds. The third-order valence-corrected chi connectivity index (χ3v) is 6.39. The standard InChI is InChI=1S/C28H36N6O/c1-4-5-6-14-30-28(35)32-23-8-7-9-24-25(15-23)33-27-21(12-13-22(16-29)26(24)27)11-10-20-17-31-34(18-20)19(2)3/h7-9,12-13,15,17-19,33H,4-6,10-11,14,16,29H2,1-3H3,(H,30,35). The molecule has 0 bridgehead atoms. The average molecular weight is 473 g/mol. The highest BCUT2D eigenvalue weighted by molar-refractivity contribution is 6.09. The molecule has 7 nitrogen and oxygen atoms in total. The van der Waals surface area contributed by atoms with E-state index in [1.807, 2.05) is 29.1 Å². The van der Waals surface area contributed by atoms with Crippen molar-refractivity contribution in [2.75, 3.05) is 6.54 Å². The van der Waals surface area contributed by atoms with Crippen molar-refractivity contribution in [1.29, 1.82) is 0 Å². The number of aromatic nitrogens is 3. The molecular weight excluding hydrogens is 436 g/mol. The third kappa shape index (κ3) is 5.80. The number of benzene rings is 1. The van der Waals surface area contributed by atoms with E-state index in [9.17, 15) is 4.79 Å². The summed E-state index contributed by atoms with van der Waals surface area (Å²) >= 11 is 0. The number of urea groups is 1. The zero-order chi connectivity index (χ0) is 24.8. The normalized spacial score (nSPS) is 12.2. The van der Waals surface area contributed by atoms with Crippen molar-refractivity contribution in [1.82, 2.24) is 20.1 Å². The first-order valence-corrected chi connectivity index (χ1v) is 12.6. The molecule has 184 valence electrons. The molecule has 0 aliphatic carbocycles. The van der Waals surface area contributed by atoms with Crippen molar-refractivity contribution in [3.63, 3.8) is 0 Å². The van der Waals surface area contributed by atoms with Crippen LogP contribution in [-0.2, 0) is 19.4 Å². The summed E-state index contributed by atoms with van der Waals surface area (Å²) in [5, 5.41) is 10.2. The van der Waals surface area contributed by atoms with Gasteiger partial charge in [0.2, 0.25) is 0 Å². The van der Waals surface area contributed by atoms with Gasteiger partial charge in [0.1, 0.15) is 0 Å². The Kier molecular flexibility index (Phi) is 7.98. The van der Waals surface area contributed by atoms with Gasteiger partial charge in [-0.3, -0.25) is 4.68 Å². The Hall–Kier alpha value is -3.45. The van der Waals surface area contributed by atoms with Gasteiger partial charge in [-0.25, -0.2) is 4.79 Å². The number of fused-ring (bicyclic) bond motifs is 3. The monoisotopic (exact) mass is 472 g/mol. The maximum atomic E-state index is 12.3. The second kappa shape index (κ2) is 11.3. The number of nitrogens with one attached hydrogen (secondary N) is 2. The number of H-pyrrole nitrogens is 1. The van der Waals surface area contributed by atoms with E-state index in [2.05, 4.69) is 65.6 Å². The van der Waals surface area contributed by atoms with Crippen LogP contribution in [0.1, 0.15) is 62.8 Å². The highest BCUT2D eigenvalue weighted by atomic mass is 16.2. The maximum absolute atomic E-state index is 12.3. The van der Waals surface area contributed by atoms with Gasteiger partial charge in [0, 0.05) is 41.6 Å². The van der Waals surface area contributed by atoms with Crippen LogP contribution in [0.3, 0.4) is 0 Å². The summed E-state index contributed by atoms with van der Waals surface area (Å²) in [7, 11) is 0. The zero-order valence-electron chi connectivity index (χ0n) is 21.0. The number of hydrogen-bond acceptors (Lipinski definition) is 3. The van der Waals surface area contributed by atoms with Gasteiger partial charge in [0.25, 0.3) is 0 Å². The highest BCUT2D eigenvalue weighted by Gasteiger charge is 2.12. The molecule has 35 heavy (non-hydrogen) atoms. The summed E-state index contributed by atoms with van der Waals surface area (Å²) in [6.07, 6.45) is 9.07. The van der Waals surface area contributed by atoms with Crippen molar-refractivity contribution in [2.45, 2.75) is 65.5 Å². The van der Waals surface area contributed by atoms with Crippen molar-refractivity contribution in [3.8, 4) is 0 Å². The largest absolute Gasteiger partial charge is 0.354 e. The molecule has 7 heteroatoms. The van der Waals surface area contributed by atoms with Gasteiger partial charge in [0.05, 0.1) is 17.1 Å². The van der Waals surface area contributed by atoms with Gasteiger partial charge >= 0.3 is 6.03 Å². The van der Waals surface area contributed by atoms with E-state index >= 15 is 0 Å². The first-order chi connectivity index (χ1) is 17.0. The zero-order valence-corrected chi connectivity index (χ0v) is 21.0. The lowest BCUT2D eigenvalue weighted by molar-refractivity contribution is 0.248. The van der Waals surface area contributed by atoms with Crippen LogP contribution in [0.5, 0.6) is 0 Å². The lowest BCUT2D eigenvalue weighted by Gasteiger charge is -2.07. The summed E-state index contributed by atoms with van der Waals surface area (Å²) in [5.74, 6) is 0. The lowest BCUT2D eigenvalue weighted by atomic mass is 9.99. The molecule has 0 fully saturated rings. The number of nitrogens with two attached hydrogens (primary N) is 1. The molecule has 4 rings (SSSR count). The van der Waals surface area contributed by atoms with Gasteiger partial charge in [-0.1, -0.05) is 44.0 Å². The molecule has 0 atom stereocenters. The number of amides is 2. The van der Waals surface area contributed by atoms with E-state index in [4.69, 9.17) is 5.73 Å². The maximum Gasteiger partial charge on any atom is 0.341 e. The van der Waals surface area contributed by atoms with E-state index in [0.717, 1.165) is 59.5 Å². The van der Waals surface area contributed by atoms with Gasteiger partial charge in [0.15, 0.2) is 0 Å². The van der Waals surface area contributed by atoms with Crippen LogP contribution in [0.2, 0.25) is 0 Å². The van der Waals surface area contributed by atoms with Gasteiger partial charge in [-0.15, -0.1) is 0 Å². The second-order valence-corrected chi connectivity index (χ2v) is 9.36. The average Bonchev–Trinajstić information content (AvgIpc) is 3.41. The Balaban J connectivity index is 1.67. The van der Waals surface area contributed by atoms with Gasteiger partial charge < -0.3 is 16.0 Å². The molecule has 0 spiro atoms. The number of unbranched alkanes of at least 4 members (excludes halogenated alkanes) is 2. The van der Waals surface area contributed by atoms with Crippen LogP contribution in [0.4, 0.5) is 4.79 Å². The van der Waals surface area contributed by atoms with Gasteiger partial charge in [-0.05, 0) is 61.9 Å². The smallest absolute Gasteiger partial charge is 0.341 e. The van der Waals surface area contributed by atoms with Crippen LogP contribution in [0.25, 0.3) is 21.8 Å². The molecule has 0 aliphatic rings. The first kappa shape index (κ1) is 24.7. The highest BCUT2D eigenvalue weighted by Crippen LogP contribution is 2.30. The summed E-state index contributed by atoms with van der Waals surface area (Å²) in [5.41, 5.74) is 11.7. The summed E-state index contributed by atoms with van der Waals surface area (Å²) in [6, 6.07) is 12.2. The van der Waals surface area contributed by atoms with E-state index in [1.54, 1.807) is 0 Å². The van der Waals surface area contributed by atoms with Crippen molar-refractivity contribution < 1.29 is 4.79 Å². The Labute approximate surface area is 206 Å². The van der Waals surface area contributed by atoms with E-state index in [-0.39, 0.29) is 6.03 Å². The number of aromatic amines is 1. The van der Waals surface area contributed by atoms with Crippen molar-refractivity contribution in [2.24, 2.45) is 10.7 Å².